The van der Waals surface area contributed by atoms with Gasteiger partial charge in [-0.3, -0.25) is 19.7 Å². The summed E-state index contributed by atoms with van der Waals surface area (Å²) >= 11 is 0. The van der Waals surface area contributed by atoms with Crippen molar-refractivity contribution in [2.24, 2.45) is 5.10 Å². The van der Waals surface area contributed by atoms with Gasteiger partial charge in [-0.15, -0.1) is 0 Å². The quantitative estimate of drug-likeness (QED) is 0.243. The third kappa shape index (κ3) is 3.88. The van der Waals surface area contributed by atoms with Gasteiger partial charge in [-0.2, -0.15) is 10.1 Å². The molecule has 1 aliphatic rings. The second-order valence-corrected chi connectivity index (χ2v) is 5.27. The molecule has 9 heteroatoms. The Labute approximate surface area is 150 Å². The maximum Gasteiger partial charge on any atom is 0.311 e. The zero-order chi connectivity index (χ0) is 19.3. The monoisotopic (exact) mass is 361 g/mol. The molecule has 1 amide bonds. The van der Waals surface area contributed by atoms with Gasteiger partial charge in [-0.1, -0.05) is 6.92 Å². The van der Waals surface area contributed by atoms with Gasteiger partial charge in [0.05, 0.1) is 36.5 Å². The third-order valence-electron chi connectivity index (χ3n) is 3.68. The Morgan fingerprint density at radius 2 is 1.92 bits per heavy atom. The Balaban J connectivity index is 2.46. The number of nitrogens with zero attached hydrogens (tertiary/aromatic N) is 3. The Morgan fingerprint density at radius 1 is 1.27 bits per heavy atom. The number of hydrogen-bond acceptors (Lipinski definition) is 7. The highest BCUT2D eigenvalue weighted by atomic mass is 16.6. The van der Waals surface area contributed by atoms with Crippen molar-refractivity contribution in [3.05, 3.63) is 45.7 Å². The number of ether oxygens (including phenoxy) is 2. The maximum absolute atomic E-state index is 12.9. The second-order valence-electron chi connectivity index (χ2n) is 5.27. The van der Waals surface area contributed by atoms with Crippen LogP contribution < -0.4 is 5.01 Å². The zero-order valence-electron chi connectivity index (χ0n) is 14.7. The molecule has 9 nitrogen and oxygen atoms in total. The summed E-state index contributed by atoms with van der Waals surface area (Å²) in [5.74, 6) is -0.556. The highest BCUT2D eigenvalue weighted by molar-refractivity contribution is 6.33. The van der Waals surface area contributed by atoms with Crippen LogP contribution in [-0.4, -0.2) is 36.2 Å². The number of rotatable bonds is 7. The van der Waals surface area contributed by atoms with Crippen LogP contribution in [0, 0.1) is 10.1 Å². The molecule has 26 heavy (non-hydrogen) atoms. The van der Waals surface area contributed by atoms with E-state index in [9.17, 15) is 19.7 Å². The number of carbonyl (C=O) groups is 2. The van der Waals surface area contributed by atoms with Crippen LogP contribution in [0.25, 0.3) is 0 Å². The van der Waals surface area contributed by atoms with Crippen LogP contribution in [-0.2, 0) is 19.1 Å². The summed E-state index contributed by atoms with van der Waals surface area (Å²) in [5.41, 5.74) is 0.715. The second kappa shape index (κ2) is 8.24. The number of hydrazone groups is 1. The lowest BCUT2D eigenvalue weighted by atomic mass is 10.1. The molecule has 1 aliphatic heterocycles. The predicted molar refractivity (Wildman–Crippen MR) is 93.6 cm³/mol. The van der Waals surface area contributed by atoms with Crippen molar-refractivity contribution in [2.75, 3.05) is 18.7 Å². The lowest BCUT2D eigenvalue weighted by Crippen LogP contribution is -2.23. The first kappa shape index (κ1) is 19.1. The number of anilines is 1. The number of allylic oxidation sites excluding steroid dienone is 1. The SMILES string of the molecule is CCO/C(CC)=C1\C(=O)N(c2ccc([N+](=O)[O-])cc2)N=C1CC(=O)OC. The van der Waals surface area contributed by atoms with Crippen LogP contribution in [0.4, 0.5) is 11.4 Å². The minimum Gasteiger partial charge on any atom is -0.497 e. The predicted octanol–water partition coefficient (Wildman–Crippen LogP) is 2.56. The molecular formula is C17H19N3O6. The van der Waals surface area contributed by atoms with Crippen molar-refractivity contribution in [2.45, 2.75) is 26.7 Å². The fraction of sp³-hybridized carbons (Fsp3) is 0.353. The molecule has 0 aromatic heterocycles. The normalized spacial score (nSPS) is 15.6. The summed E-state index contributed by atoms with van der Waals surface area (Å²) < 4.78 is 10.2. The first-order valence-electron chi connectivity index (χ1n) is 8.02. The average molecular weight is 361 g/mol. The van der Waals surface area contributed by atoms with Crippen molar-refractivity contribution in [1.29, 1.82) is 0 Å². The lowest BCUT2D eigenvalue weighted by molar-refractivity contribution is -0.384. The smallest absolute Gasteiger partial charge is 0.311 e. The van der Waals surface area contributed by atoms with Crippen molar-refractivity contribution in [3.8, 4) is 0 Å². The molecule has 0 fully saturated rings. The Bertz CT molecular complexity index is 782. The summed E-state index contributed by atoms with van der Waals surface area (Å²) in [7, 11) is 1.25. The van der Waals surface area contributed by atoms with Gasteiger partial charge < -0.3 is 9.47 Å². The molecule has 0 saturated heterocycles. The molecule has 138 valence electrons. The summed E-state index contributed by atoms with van der Waals surface area (Å²) in [6, 6.07) is 5.40. The molecule has 0 spiro atoms. The van der Waals surface area contributed by atoms with Crippen LogP contribution in [0.5, 0.6) is 0 Å². The molecule has 1 aromatic carbocycles. The van der Waals surface area contributed by atoms with Crippen LogP contribution in [0.15, 0.2) is 40.7 Å². The fourth-order valence-electron chi connectivity index (χ4n) is 2.47. The van der Waals surface area contributed by atoms with Crippen molar-refractivity contribution in [1.82, 2.24) is 0 Å². The van der Waals surface area contributed by atoms with Gasteiger partial charge in [0.1, 0.15) is 11.3 Å². The minimum atomic E-state index is -0.536. The van der Waals surface area contributed by atoms with E-state index >= 15 is 0 Å². The topological polar surface area (TPSA) is 111 Å². The van der Waals surface area contributed by atoms with Crippen molar-refractivity contribution in [3.63, 3.8) is 0 Å². The number of benzene rings is 1. The van der Waals surface area contributed by atoms with Gasteiger partial charge in [0, 0.05) is 18.6 Å². The first-order chi connectivity index (χ1) is 12.4. The number of nitro benzene ring substituents is 1. The lowest BCUT2D eigenvalue weighted by Gasteiger charge is -2.13. The van der Waals surface area contributed by atoms with E-state index in [0.29, 0.717) is 24.5 Å². The molecule has 0 N–H and O–H groups in total. The summed E-state index contributed by atoms with van der Waals surface area (Å²) in [4.78, 5) is 34.8. The Hall–Kier alpha value is -3.23. The average Bonchev–Trinajstić information content (AvgIpc) is 2.95. The van der Waals surface area contributed by atoms with Crippen LogP contribution in [0.1, 0.15) is 26.7 Å². The molecule has 0 aliphatic carbocycles. The van der Waals surface area contributed by atoms with E-state index in [0.717, 1.165) is 5.01 Å². The molecule has 0 bridgehead atoms. The summed E-state index contributed by atoms with van der Waals surface area (Å²) in [5, 5.41) is 16.1. The Kier molecular flexibility index (Phi) is 6.05. The van der Waals surface area contributed by atoms with E-state index in [-0.39, 0.29) is 23.4 Å². The van der Waals surface area contributed by atoms with Gasteiger partial charge in [0.15, 0.2) is 0 Å². The van der Waals surface area contributed by atoms with E-state index in [1.807, 2.05) is 6.92 Å². The molecule has 0 unspecified atom stereocenters. The molecule has 0 atom stereocenters. The number of nitro groups is 1. The fourth-order valence-corrected chi connectivity index (χ4v) is 2.47. The number of hydrogen-bond donors (Lipinski definition) is 0. The van der Waals surface area contributed by atoms with Gasteiger partial charge >= 0.3 is 5.97 Å². The van der Waals surface area contributed by atoms with Crippen molar-refractivity contribution >= 4 is 29.0 Å². The third-order valence-corrected chi connectivity index (χ3v) is 3.68. The standard InChI is InChI=1S/C17H19N3O6/c1-4-14(26-5-2)16-13(10-15(21)25-3)18-19(17(16)22)11-6-8-12(9-7-11)20(23)24/h6-9H,4-5,10H2,1-3H3/b16-14-. The van der Waals surface area contributed by atoms with Crippen LogP contribution >= 0.6 is 0 Å². The van der Waals surface area contributed by atoms with E-state index in [4.69, 9.17) is 4.74 Å². The van der Waals surface area contributed by atoms with E-state index in [2.05, 4.69) is 9.84 Å². The highest BCUT2D eigenvalue weighted by Gasteiger charge is 2.35. The van der Waals surface area contributed by atoms with E-state index in [1.54, 1.807) is 6.92 Å². The number of carbonyl (C=O) groups excluding carboxylic acids is 2. The molecule has 0 radical (unpaired) electrons. The number of non-ortho nitro benzene ring substituents is 1. The number of methoxy groups -OCH3 is 1. The molecule has 0 saturated carbocycles. The number of esters is 1. The summed E-state index contributed by atoms with van der Waals surface area (Å²) in [6.45, 7) is 3.99. The first-order valence-corrected chi connectivity index (χ1v) is 8.02. The Morgan fingerprint density at radius 3 is 2.42 bits per heavy atom. The molecular weight excluding hydrogens is 342 g/mol. The highest BCUT2D eigenvalue weighted by Crippen LogP contribution is 2.29. The largest absolute Gasteiger partial charge is 0.497 e. The van der Waals surface area contributed by atoms with Crippen molar-refractivity contribution < 1.29 is 24.0 Å². The summed E-state index contributed by atoms with van der Waals surface area (Å²) in [6.07, 6.45) is 0.265. The van der Waals surface area contributed by atoms with Crippen LogP contribution in [0.2, 0.25) is 0 Å². The van der Waals surface area contributed by atoms with Crippen LogP contribution in [0.3, 0.4) is 0 Å². The van der Waals surface area contributed by atoms with E-state index in [1.165, 1.54) is 31.4 Å². The zero-order valence-corrected chi connectivity index (χ0v) is 14.7. The molecule has 1 heterocycles. The minimum absolute atomic E-state index is 0.0986. The maximum atomic E-state index is 12.9. The molecule has 2 rings (SSSR count). The number of amides is 1. The molecule has 1 aromatic rings. The van der Waals surface area contributed by atoms with Gasteiger partial charge in [-0.25, -0.2) is 0 Å². The van der Waals surface area contributed by atoms with E-state index < -0.39 is 16.8 Å². The van der Waals surface area contributed by atoms with Gasteiger partial charge in [0.2, 0.25) is 0 Å². The van der Waals surface area contributed by atoms with Gasteiger partial charge in [-0.05, 0) is 19.1 Å². The van der Waals surface area contributed by atoms with Gasteiger partial charge in [0.25, 0.3) is 11.6 Å².